The van der Waals surface area contributed by atoms with Gasteiger partial charge in [-0.1, -0.05) is 35.9 Å². The van der Waals surface area contributed by atoms with Crippen molar-refractivity contribution >= 4 is 0 Å². The maximum absolute atomic E-state index is 3.45. The van der Waals surface area contributed by atoms with Crippen molar-refractivity contribution in [2.75, 3.05) is 6.54 Å². The Hall–Kier alpha value is -1.24. The van der Waals surface area contributed by atoms with Gasteiger partial charge in [0.15, 0.2) is 0 Å². The number of unbranched alkanes of at least 4 members (excludes halogenated alkanes) is 1. The molecule has 0 aliphatic heterocycles. The molecule has 0 unspecified atom stereocenters. The van der Waals surface area contributed by atoms with E-state index in [0.717, 1.165) is 6.54 Å². The highest BCUT2D eigenvalue weighted by molar-refractivity contribution is 5.14. The van der Waals surface area contributed by atoms with Gasteiger partial charge >= 0.3 is 0 Å². The molecule has 0 amide bonds. The van der Waals surface area contributed by atoms with E-state index in [1.165, 1.54) is 36.1 Å². The van der Waals surface area contributed by atoms with Crippen LogP contribution in [0.3, 0.4) is 0 Å². The van der Waals surface area contributed by atoms with E-state index >= 15 is 0 Å². The van der Waals surface area contributed by atoms with Crippen LogP contribution >= 0.6 is 0 Å². The van der Waals surface area contributed by atoms with Crippen LogP contribution in [0.1, 0.15) is 39.2 Å². The first-order valence-electron chi connectivity index (χ1n) is 6.12. The van der Waals surface area contributed by atoms with Crippen LogP contribution < -0.4 is 5.32 Å². The summed E-state index contributed by atoms with van der Waals surface area (Å²) in [5.74, 6) is 0. The summed E-state index contributed by atoms with van der Waals surface area (Å²) in [7, 11) is 0. The average molecular weight is 217 g/mol. The standard InChI is InChI=1S/C15H23N/c1-13(2)14(3)16-12-8-7-11-15-9-5-4-6-10-15/h4-6,9-10,16H,7-8,11-12H2,1-3H3. The van der Waals surface area contributed by atoms with E-state index in [9.17, 15) is 0 Å². The summed E-state index contributed by atoms with van der Waals surface area (Å²) in [6.45, 7) is 7.52. The highest BCUT2D eigenvalue weighted by Gasteiger charge is 1.93. The molecule has 0 saturated carbocycles. The van der Waals surface area contributed by atoms with Crippen molar-refractivity contribution in [3.8, 4) is 0 Å². The molecule has 0 bridgehead atoms. The van der Waals surface area contributed by atoms with Crippen molar-refractivity contribution in [2.45, 2.75) is 40.0 Å². The molecule has 0 saturated heterocycles. The largest absolute Gasteiger partial charge is 0.389 e. The van der Waals surface area contributed by atoms with E-state index in [1.54, 1.807) is 0 Å². The molecule has 0 radical (unpaired) electrons. The van der Waals surface area contributed by atoms with E-state index in [2.05, 4.69) is 56.4 Å². The molecule has 0 aliphatic rings. The molecule has 1 rings (SSSR count). The number of benzene rings is 1. The molecule has 0 aromatic heterocycles. The second-order valence-electron chi connectivity index (χ2n) is 4.49. The third-order valence-corrected chi connectivity index (χ3v) is 2.88. The van der Waals surface area contributed by atoms with Gasteiger partial charge in [0, 0.05) is 12.2 Å². The lowest BCUT2D eigenvalue weighted by atomic mass is 10.1. The minimum absolute atomic E-state index is 1.09. The SMILES string of the molecule is CC(C)=C(C)NCCCCc1ccccc1. The number of allylic oxidation sites excluding steroid dienone is 2. The number of rotatable bonds is 6. The minimum Gasteiger partial charge on any atom is -0.389 e. The predicted molar refractivity (Wildman–Crippen MR) is 71.4 cm³/mol. The van der Waals surface area contributed by atoms with Crippen molar-refractivity contribution in [1.82, 2.24) is 5.32 Å². The van der Waals surface area contributed by atoms with E-state index in [-0.39, 0.29) is 0 Å². The van der Waals surface area contributed by atoms with Gasteiger partial charge in [0.25, 0.3) is 0 Å². The van der Waals surface area contributed by atoms with Crippen LogP contribution in [0, 0.1) is 0 Å². The maximum atomic E-state index is 3.45. The Morgan fingerprint density at radius 3 is 2.31 bits per heavy atom. The third-order valence-electron chi connectivity index (χ3n) is 2.88. The summed E-state index contributed by atoms with van der Waals surface area (Å²) < 4.78 is 0. The smallest absolute Gasteiger partial charge is 0.0143 e. The first-order valence-corrected chi connectivity index (χ1v) is 6.12. The Kier molecular flexibility index (Phi) is 5.69. The monoisotopic (exact) mass is 217 g/mol. The zero-order valence-corrected chi connectivity index (χ0v) is 10.7. The topological polar surface area (TPSA) is 12.0 Å². The van der Waals surface area contributed by atoms with Gasteiger partial charge in [-0.3, -0.25) is 0 Å². The fraction of sp³-hybridized carbons (Fsp3) is 0.467. The molecule has 0 heterocycles. The molecular formula is C15H23N. The van der Waals surface area contributed by atoms with Crippen molar-refractivity contribution in [1.29, 1.82) is 0 Å². The molecule has 1 aromatic rings. The maximum Gasteiger partial charge on any atom is 0.0143 e. The summed E-state index contributed by atoms with van der Waals surface area (Å²) in [5, 5.41) is 3.45. The van der Waals surface area contributed by atoms with Crippen molar-refractivity contribution in [3.05, 3.63) is 47.2 Å². The van der Waals surface area contributed by atoms with Crippen LogP contribution in [0.4, 0.5) is 0 Å². The summed E-state index contributed by atoms with van der Waals surface area (Å²) in [4.78, 5) is 0. The first kappa shape index (κ1) is 12.8. The Labute approximate surface area is 99.6 Å². The van der Waals surface area contributed by atoms with Crippen molar-refractivity contribution in [2.24, 2.45) is 0 Å². The molecule has 1 N–H and O–H groups in total. The second-order valence-corrected chi connectivity index (χ2v) is 4.49. The third kappa shape index (κ3) is 5.01. The molecule has 0 spiro atoms. The van der Waals surface area contributed by atoms with E-state index < -0.39 is 0 Å². The van der Waals surface area contributed by atoms with Crippen LogP contribution in [0.15, 0.2) is 41.6 Å². The van der Waals surface area contributed by atoms with Gasteiger partial charge in [-0.05, 0) is 45.6 Å². The van der Waals surface area contributed by atoms with Gasteiger partial charge in [0.05, 0.1) is 0 Å². The van der Waals surface area contributed by atoms with Gasteiger partial charge in [-0.25, -0.2) is 0 Å². The van der Waals surface area contributed by atoms with Gasteiger partial charge in [-0.15, -0.1) is 0 Å². The molecule has 0 atom stereocenters. The molecule has 0 fully saturated rings. The van der Waals surface area contributed by atoms with E-state index in [0.29, 0.717) is 0 Å². The van der Waals surface area contributed by atoms with Crippen molar-refractivity contribution in [3.63, 3.8) is 0 Å². The lowest BCUT2D eigenvalue weighted by Crippen LogP contribution is -2.13. The van der Waals surface area contributed by atoms with Gasteiger partial charge in [0.2, 0.25) is 0 Å². The number of nitrogens with one attached hydrogen (secondary N) is 1. The lowest BCUT2D eigenvalue weighted by Gasteiger charge is -2.08. The van der Waals surface area contributed by atoms with Crippen LogP contribution in [-0.2, 0) is 6.42 Å². The summed E-state index contributed by atoms with van der Waals surface area (Å²) in [6.07, 6.45) is 3.68. The Morgan fingerprint density at radius 2 is 1.69 bits per heavy atom. The normalized spacial score (nSPS) is 9.94. The molecule has 88 valence electrons. The predicted octanol–water partition coefficient (Wildman–Crippen LogP) is 3.91. The Morgan fingerprint density at radius 1 is 1.00 bits per heavy atom. The molecular weight excluding hydrogens is 194 g/mol. The van der Waals surface area contributed by atoms with Crippen LogP contribution in [0.25, 0.3) is 0 Å². The van der Waals surface area contributed by atoms with Crippen molar-refractivity contribution < 1.29 is 0 Å². The fourth-order valence-corrected chi connectivity index (χ4v) is 1.55. The molecule has 1 nitrogen and oxygen atoms in total. The second kappa shape index (κ2) is 7.10. The molecule has 1 heteroatoms. The average Bonchev–Trinajstić information content (AvgIpc) is 2.29. The highest BCUT2D eigenvalue weighted by atomic mass is 14.9. The minimum atomic E-state index is 1.09. The number of hydrogen-bond donors (Lipinski definition) is 1. The van der Waals surface area contributed by atoms with Crippen LogP contribution in [0.5, 0.6) is 0 Å². The van der Waals surface area contributed by atoms with Gasteiger partial charge in [-0.2, -0.15) is 0 Å². The van der Waals surface area contributed by atoms with Crippen LogP contribution in [0.2, 0.25) is 0 Å². The zero-order valence-electron chi connectivity index (χ0n) is 10.7. The highest BCUT2D eigenvalue weighted by Crippen LogP contribution is 2.04. The Bertz CT molecular complexity index is 321. The van der Waals surface area contributed by atoms with E-state index in [1.807, 2.05) is 0 Å². The van der Waals surface area contributed by atoms with Crippen LogP contribution in [-0.4, -0.2) is 6.54 Å². The van der Waals surface area contributed by atoms with Gasteiger partial charge < -0.3 is 5.32 Å². The first-order chi connectivity index (χ1) is 7.70. The summed E-state index contributed by atoms with van der Waals surface area (Å²) in [6, 6.07) is 10.7. The van der Waals surface area contributed by atoms with Gasteiger partial charge in [0.1, 0.15) is 0 Å². The Balaban J connectivity index is 2.11. The lowest BCUT2D eigenvalue weighted by molar-refractivity contribution is 0.674. The zero-order chi connectivity index (χ0) is 11.8. The summed E-state index contributed by atoms with van der Waals surface area (Å²) in [5.41, 5.74) is 4.14. The molecule has 16 heavy (non-hydrogen) atoms. The summed E-state index contributed by atoms with van der Waals surface area (Å²) >= 11 is 0. The molecule has 1 aromatic carbocycles. The number of aryl methyl sites for hydroxylation is 1. The van der Waals surface area contributed by atoms with E-state index in [4.69, 9.17) is 0 Å². The quantitative estimate of drug-likeness (QED) is 0.712. The number of hydrogen-bond acceptors (Lipinski definition) is 1. The molecule has 0 aliphatic carbocycles. The fourth-order valence-electron chi connectivity index (χ4n) is 1.55.